The van der Waals surface area contributed by atoms with Gasteiger partial charge in [-0.3, -0.25) is 9.59 Å². The number of carbonyl (C=O) groups excluding carboxylic acids is 2. The van der Waals surface area contributed by atoms with Gasteiger partial charge in [-0.2, -0.15) is 0 Å². The summed E-state index contributed by atoms with van der Waals surface area (Å²) in [5, 5.41) is 3.62. The largest absolute Gasteiger partial charge is 0.370 e. The molecule has 0 bridgehead atoms. The van der Waals surface area contributed by atoms with E-state index < -0.39 is 6.04 Å². The summed E-state index contributed by atoms with van der Waals surface area (Å²) in [6.45, 7) is 5.44. The number of nitrogens with zero attached hydrogens (tertiary/aromatic N) is 1. The number of morpholine rings is 1. The Morgan fingerprint density at radius 3 is 2.52 bits per heavy atom. The molecule has 1 saturated heterocycles. The van der Waals surface area contributed by atoms with Gasteiger partial charge in [0.05, 0.1) is 13.2 Å². The first kappa shape index (κ1) is 21.3. The average Bonchev–Trinajstić information content (AvgIpc) is 2.77. The molecule has 1 N–H and O–H groups in total. The zero-order valence-corrected chi connectivity index (χ0v) is 17.6. The average molecular weight is 415 g/mol. The molecule has 1 aliphatic rings. The Kier molecular flexibility index (Phi) is 7.29. The summed E-state index contributed by atoms with van der Waals surface area (Å²) >= 11 is 5.98. The third-order valence-corrected chi connectivity index (χ3v) is 5.67. The molecule has 0 radical (unpaired) electrons. The summed E-state index contributed by atoms with van der Waals surface area (Å²) in [7, 11) is 0. The predicted molar refractivity (Wildman–Crippen MR) is 114 cm³/mol. The number of halogens is 1. The van der Waals surface area contributed by atoms with E-state index in [1.165, 1.54) is 0 Å². The van der Waals surface area contributed by atoms with Crippen LogP contribution in [0, 0.1) is 5.92 Å². The molecule has 1 fully saturated rings. The highest BCUT2D eigenvalue weighted by molar-refractivity contribution is 6.30. The van der Waals surface area contributed by atoms with Crippen molar-refractivity contribution in [3.63, 3.8) is 0 Å². The minimum atomic E-state index is -0.573. The van der Waals surface area contributed by atoms with Crippen molar-refractivity contribution in [2.24, 2.45) is 5.92 Å². The maximum Gasteiger partial charge on any atom is 0.251 e. The molecule has 6 heteroatoms. The van der Waals surface area contributed by atoms with Gasteiger partial charge < -0.3 is 15.0 Å². The summed E-state index contributed by atoms with van der Waals surface area (Å²) < 4.78 is 5.88. The lowest BCUT2D eigenvalue weighted by molar-refractivity contribution is -0.142. The predicted octanol–water partition coefficient (Wildman–Crippen LogP) is 4.08. The number of benzene rings is 2. The fraction of sp³-hybridized carbons (Fsp3) is 0.391. The van der Waals surface area contributed by atoms with E-state index >= 15 is 0 Å². The minimum absolute atomic E-state index is 0.0204. The van der Waals surface area contributed by atoms with E-state index in [0.29, 0.717) is 30.3 Å². The molecule has 29 heavy (non-hydrogen) atoms. The second kappa shape index (κ2) is 9.90. The SMILES string of the molecule is CCC(C)C(NC(=O)c1ccccc1)C(=O)N1CCOC(c2ccc(Cl)cc2)C1. The fourth-order valence-electron chi connectivity index (χ4n) is 3.42. The Balaban J connectivity index is 1.73. The van der Waals surface area contributed by atoms with Gasteiger partial charge in [0.25, 0.3) is 5.91 Å². The van der Waals surface area contributed by atoms with E-state index in [1.807, 2.05) is 56.3 Å². The molecule has 154 valence electrons. The first-order chi connectivity index (χ1) is 14.0. The van der Waals surface area contributed by atoms with Gasteiger partial charge in [-0.05, 0) is 35.7 Å². The van der Waals surface area contributed by atoms with Crippen LogP contribution in [-0.4, -0.2) is 42.5 Å². The lowest BCUT2D eigenvalue weighted by atomic mass is 9.96. The Morgan fingerprint density at radius 2 is 1.86 bits per heavy atom. The number of carbonyl (C=O) groups is 2. The molecule has 0 saturated carbocycles. The van der Waals surface area contributed by atoms with Gasteiger partial charge in [-0.1, -0.05) is 62.2 Å². The quantitative estimate of drug-likeness (QED) is 0.774. The molecule has 3 atom stereocenters. The molecule has 2 amide bonds. The third-order valence-electron chi connectivity index (χ3n) is 5.42. The molecular formula is C23H27ClN2O3. The van der Waals surface area contributed by atoms with Gasteiger partial charge in [0.2, 0.25) is 5.91 Å². The number of amides is 2. The minimum Gasteiger partial charge on any atom is -0.370 e. The molecule has 1 heterocycles. The molecule has 2 aromatic rings. The van der Waals surface area contributed by atoms with Crippen LogP contribution in [0.15, 0.2) is 54.6 Å². The highest BCUT2D eigenvalue weighted by Crippen LogP contribution is 2.25. The highest BCUT2D eigenvalue weighted by atomic mass is 35.5. The van der Waals surface area contributed by atoms with Crippen molar-refractivity contribution in [2.45, 2.75) is 32.4 Å². The second-order valence-electron chi connectivity index (χ2n) is 7.40. The van der Waals surface area contributed by atoms with E-state index in [0.717, 1.165) is 12.0 Å². The van der Waals surface area contributed by atoms with Crippen molar-refractivity contribution in [2.75, 3.05) is 19.7 Å². The van der Waals surface area contributed by atoms with E-state index in [9.17, 15) is 9.59 Å². The Hall–Kier alpha value is -2.37. The smallest absolute Gasteiger partial charge is 0.251 e. The Morgan fingerprint density at radius 1 is 1.17 bits per heavy atom. The Labute approximate surface area is 177 Å². The monoisotopic (exact) mass is 414 g/mol. The first-order valence-electron chi connectivity index (χ1n) is 10.0. The molecular weight excluding hydrogens is 388 g/mol. The van der Waals surface area contributed by atoms with Crippen molar-refractivity contribution < 1.29 is 14.3 Å². The van der Waals surface area contributed by atoms with E-state index in [1.54, 1.807) is 17.0 Å². The van der Waals surface area contributed by atoms with Gasteiger partial charge in [-0.25, -0.2) is 0 Å². The van der Waals surface area contributed by atoms with E-state index in [2.05, 4.69) is 5.32 Å². The highest BCUT2D eigenvalue weighted by Gasteiger charge is 2.33. The second-order valence-corrected chi connectivity index (χ2v) is 7.83. The van der Waals surface area contributed by atoms with Gasteiger partial charge in [0, 0.05) is 17.1 Å². The van der Waals surface area contributed by atoms with Crippen LogP contribution < -0.4 is 5.32 Å². The van der Waals surface area contributed by atoms with Gasteiger partial charge >= 0.3 is 0 Å². The summed E-state index contributed by atoms with van der Waals surface area (Å²) in [5.41, 5.74) is 1.54. The number of ether oxygens (including phenoxy) is 1. The van der Waals surface area contributed by atoms with Crippen molar-refractivity contribution >= 4 is 23.4 Å². The maximum absolute atomic E-state index is 13.3. The topological polar surface area (TPSA) is 58.6 Å². The normalized spacial score (nSPS) is 18.7. The zero-order chi connectivity index (χ0) is 20.8. The Bertz CT molecular complexity index is 826. The molecule has 3 unspecified atom stereocenters. The van der Waals surface area contributed by atoms with Crippen molar-refractivity contribution in [3.05, 3.63) is 70.7 Å². The van der Waals surface area contributed by atoms with Crippen LogP contribution in [0.2, 0.25) is 5.02 Å². The van der Waals surface area contributed by atoms with Gasteiger partial charge in [0.15, 0.2) is 0 Å². The van der Waals surface area contributed by atoms with Crippen LogP contribution in [0.4, 0.5) is 0 Å². The summed E-state index contributed by atoms with van der Waals surface area (Å²) in [4.78, 5) is 27.8. The van der Waals surface area contributed by atoms with Crippen molar-refractivity contribution in [1.29, 1.82) is 0 Å². The molecule has 0 aromatic heterocycles. The standard InChI is InChI=1S/C23H27ClN2O3/c1-3-16(2)21(25-22(27)18-7-5-4-6-8-18)23(28)26-13-14-29-20(15-26)17-9-11-19(24)12-10-17/h4-12,16,20-21H,3,13-15H2,1-2H3,(H,25,27). The first-order valence-corrected chi connectivity index (χ1v) is 10.4. The lowest BCUT2D eigenvalue weighted by Gasteiger charge is -2.36. The van der Waals surface area contributed by atoms with E-state index in [4.69, 9.17) is 16.3 Å². The number of rotatable bonds is 6. The van der Waals surface area contributed by atoms with Crippen LogP contribution in [0.3, 0.4) is 0 Å². The summed E-state index contributed by atoms with van der Waals surface area (Å²) in [6, 6.07) is 15.9. The van der Waals surface area contributed by atoms with E-state index in [-0.39, 0.29) is 23.8 Å². The molecule has 0 aliphatic carbocycles. The number of nitrogens with one attached hydrogen (secondary N) is 1. The van der Waals surface area contributed by atoms with Crippen molar-refractivity contribution in [1.82, 2.24) is 10.2 Å². The molecule has 2 aromatic carbocycles. The van der Waals surface area contributed by atoms with Crippen molar-refractivity contribution in [3.8, 4) is 0 Å². The van der Waals surface area contributed by atoms with Crippen LogP contribution in [0.1, 0.15) is 42.3 Å². The van der Waals surface area contributed by atoms with Crippen LogP contribution in [0.5, 0.6) is 0 Å². The number of hydrogen-bond donors (Lipinski definition) is 1. The number of hydrogen-bond acceptors (Lipinski definition) is 3. The molecule has 1 aliphatic heterocycles. The summed E-state index contributed by atoms with van der Waals surface area (Å²) in [6.07, 6.45) is 0.587. The van der Waals surface area contributed by atoms with Crippen LogP contribution >= 0.6 is 11.6 Å². The zero-order valence-electron chi connectivity index (χ0n) is 16.8. The van der Waals surface area contributed by atoms with Gasteiger partial charge in [-0.15, -0.1) is 0 Å². The fourth-order valence-corrected chi connectivity index (χ4v) is 3.55. The van der Waals surface area contributed by atoms with Crippen LogP contribution in [0.25, 0.3) is 0 Å². The molecule has 0 spiro atoms. The molecule has 3 rings (SSSR count). The summed E-state index contributed by atoms with van der Waals surface area (Å²) in [5.74, 6) is -0.273. The maximum atomic E-state index is 13.3. The van der Waals surface area contributed by atoms with Gasteiger partial charge in [0.1, 0.15) is 12.1 Å². The third kappa shape index (κ3) is 5.37. The molecule has 5 nitrogen and oxygen atoms in total. The van der Waals surface area contributed by atoms with Crippen LogP contribution in [-0.2, 0) is 9.53 Å². The lowest BCUT2D eigenvalue weighted by Crippen LogP contribution is -2.54.